The molecular weight excluding hydrogens is 439 g/mol. The number of rotatable bonds is 9. The molecule has 2 atom stereocenters. The molecule has 1 amide bonds. The first-order valence-corrected chi connectivity index (χ1v) is 10.6. The van der Waals surface area contributed by atoms with E-state index in [1.165, 1.54) is 24.1 Å². The number of nitrogen functional groups attached to an aromatic ring is 1. The fourth-order valence-corrected chi connectivity index (χ4v) is 3.67. The van der Waals surface area contributed by atoms with Gasteiger partial charge in [0.15, 0.2) is 0 Å². The summed E-state index contributed by atoms with van der Waals surface area (Å²) in [6.45, 7) is 4.86. The third-order valence-corrected chi connectivity index (χ3v) is 5.54. The van der Waals surface area contributed by atoms with Gasteiger partial charge in [0.25, 0.3) is 5.91 Å². The van der Waals surface area contributed by atoms with Gasteiger partial charge in [-0.05, 0) is 25.0 Å². The van der Waals surface area contributed by atoms with Gasteiger partial charge in [0, 0.05) is 30.5 Å². The first-order chi connectivity index (χ1) is 15.3. The van der Waals surface area contributed by atoms with Crippen molar-refractivity contribution in [1.82, 2.24) is 25.0 Å². The van der Waals surface area contributed by atoms with Crippen molar-refractivity contribution >= 4 is 29.5 Å². The number of nitrogens with one attached hydrogen (secondary N) is 1. The van der Waals surface area contributed by atoms with Crippen LogP contribution in [0.3, 0.4) is 0 Å². The van der Waals surface area contributed by atoms with Crippen LogP contribution in [-0.4, -0.2) is 62.9 Å². The zero-order valence-electron chi connectivity index (χ0n) is 17.7. The molecule has 0 saturated carbocycles. The smallest absolute Gasteiger partial charge is 0.256 e. The number of pyridine rings is 1. The molecule has 0 radical (unpaired) electrons. The van der Waals surface area contributed by atoms with Gasteiger partial charge in [0.05, 0.1) is 37.5 Å². The van der Waals surface area contributed by atoms with Crippen LogP contribution in [0.25, 0.3) is 6.20 Å². The number of nitrogens with two attached hydrogens (primary N) is 1. The number of aromatic nitrogens is 3. The summed E-state index contributed by atoms with van der Waals surface area (Å²) in [5.74, 6) is -0.361. The van der Waals surface area contributed by atoms with Crippen LogP contribution in [0.1, 0.15) is 34.8 Å². The van der Waals surface area contributed by atoms with Crippen molar-refractivity contribution in [3.8, 4) is 5.88 Å². The van der Waals surface area contributed by atoms with E-state index in [0.717, 1.165) is 25.6 Å². The fourth-order valence-electron chi connectivity index (χ4n) is 3.56. The number of ether oxygens (including phenoxy) is 1. The monoisotopic (exact) mass is 464 g/mol. The Morgan fingerprint density at radius 1 is 1.56 bits per heavy atom. The Morgan fingerprint density at radius 2 is 2.34 bits per heavy atom. The number of alkyl halides is 1. The van der Waals surface area contributed by atoms with E-state index in [1.54, 1.807) is 12.3 Å². The van der Waals surface area contributed by atoms with Gasteiger partial charge in [0.2, 0.25) is 5.88 Å². The van der Waals surface area contributed by atoms with E-state index >= 15 is 0 Å². The molecule has 0 aliphatic carbocycles. The lowest BCUT2D eigenvalue weighted by molar-refractivity contribution is 0.0926. The van der Waals surface area contributed by atoms with E-state index in [4.69, 9.17) is 22.1 Å². The van der Waals surface area contributed by atoms with Crippen LogP contribution in [0.4, 0.5) is 10.2 Å². The van der Waals surface area contributed by atoms with Crippen molar-refractivity contribution in [3.05, 3.63) is 53.8 Å². The Hall–Kier alpha value is -3.11. The second-order valence-electron chi connectivity index (χ2n) is 7.32. The molecule has 0 spiro atoms. The molecule has 11 heteroatoms. The molecule has 1 aliphatic heterocycles. The maximum atomic E-state index is 13.8. The van der Waals surface area contributed by atoms with Crippen molar-refractivity contribution in [3.63, 3.8) is 0 Å². The van der Waals surface area contributed by atoms with Crippen LogP contribution in [0.2, 0.25) is 0 Å². The van der Waals surface area contributed by atoms with Crippen molar-refractivity contribution in [1.29, 1.82) is 0 Å². The molecule has 4 N–H and O–H groups in total. The summed E-state index contributed by atoms with van der Waals surface area (Å²) in [6, 6.07) is 1.30. The van der Waals surface area contributed by atoms with Crippen molar-refractivity contribution in [2.24, 2.45) is 0 Å². The maximum absolute atomic E-state index is 13.8. The Bertz CT molecular complexity index is 1010. The number of halogens is 2. The van der Waals surface area contributed by atoms with E-state index in [0.29, 0.717) is 17.1 Å². The summed E-state index contributed by atoms with van der Waals surface area (Å²) < 4.78 is 20.5. The van der Waals surface area contributed by atoms with Crippen molar-refractivity contribution in [2.45, 2.75) is 25.0 Å². The molecular formula is C21H26ClFN6O3. The number of allylic oxidation sites excluding steroid dienone is 1. The second kappa shape index (κ2) is 10.5. The van der Waals surface area contributed by atoms with Gasteiger partial charge in [-0.15, -0.1) is 11.6 Å². The van der Waals surface area contributed by atoms with Gasteiger partial charge in [-0.25, -0.2) is 14.1 Å². The molecule has 1 saturated heterocycles. The number of anilines is 1. The minimum atomic E-state index is -0.847. The molecule has 32 heavy (non-hydrogen) atoms. The highest BCUT2D eigenvalue weighted by atomic mass is 35.5. The van der Waals surface area contributed by atoms with Crippen LogP contribution >= 0.6 is 11.6 Å². The van der Waals surface area contributed by atoms with Crippen LogP contribution in [0, 0.1) is 5.82 Å². The second-order valence-corrected chi connectivity index (χ2v) is 7.63. The highest BCUT2D eigenvalue weighted by Crippen LogP contribution is 2.38. The van der Waals surface area contributed by atoms with Crippen LogP contribution in [-0.2, 0) is 0 Å². The topological polar surface area (TPSA) is 119 Å². The highest BCUT2D eigenvalue weighted by molar-refractivity contribution is 6.18. The number of methoxy groups -OCH3 is 1. The average Bonchev–Trinajstić information content (AvgIpc) is 3.42. The first-order valence-electron chi connectivity index (χ1n) is 10.0. The van der Waals surface area contributed by atoms with Crippen molar-refractivity contribution in [2.75, 3.05) is 31.8 Å². The third kappa shape index (κ3) is 5.20. The number of nitrogens with zero attached hydrogens (tertiary/aromatic N) is 4. The summed E-state index contributed by atoms with van der Waals surface area (Å²) in [4.78, 5) is 18.3. The SMILES string of the molecule is C=C(/C=C\n1ncc(C(=O)NC[C@@H](O)CCl)c1N)N1CCC[C@@H]1c1cc(F)cnc1OC. The third-order valence-electron chi connectivity index (χ3n) is 5.18. The summed E-state index contributed by atoms with van der Waals surface area (Å²) >= 11 is 5.52. The summed E-state index contributed by atoms with van der Waals surface area (Å²) in [6.07, 6.45) is 6.64. The molecule has 0 unspecified atom stereocenters. The molecule has 3 rings (SSSR count). The number of amides is 1. The lowest BCUT2D eigenvalue weighted by atomic mass is 10.1. The zero-order valence-corrected chi connectivity index (χ0v) is 18.4. The number of aliphatic hydroxyl groups excluding tert-OH is 1. The molecule has 2 aromatic heterocycles. The van der Waals surface area contributed by atoms with Gasteiger partial charge in [-0.2, -0.15) is 5.10 Å². The Labute approximate surface area is 190 Å². The molecule has 0 bridgehead atoms. The molecule has 3 heterocycles. The van der Waals surface area contributed by atoms with Gasteiger partial charge >= 0.3 is 0 Å². The quantitative estimate of drug-likeness (QED) is 0.384. The van der Waals surface area contributed by atoms with Crippen LogP contribution in [0.15, 0.2) is 36.8 Å². The zero-order chi connectivity index (χ0) is 23.3. The van der Waals surface area contributed by atoms with Gasteiger partial charge in [0.1, 0.15) is 17.2 Å². The first kappa shape index (κ1) is 23.6. The Kier molecular flexibility index (Phi) is 7.70. The lowest BCUT2D eigenvalue weighted by Gasteiger charge is -2.28. The van der Waals surface area contributed by atoms with E-state index < -0.39 is 17.8 Å². The van der Waals surface area contributed by atoms with Gasteiger partial charge in [-0.1, -0.05) is 6.58 Å². The minimum Gasteiger partial charge on any atom is -0.481 e. The van der Waals surface area contributed by atoms with Crippen LogP contribution in [0.5, 0.6) is 5.88 Å². The summed E-state index contributed by atoms with van der Waals surface area (Å²) in [5.41, 5.74) is 7.56. The number of hydrogen-bond donors (Lipinski definition) is 3. The number of carbonyl (C=O) groups is 1. The molecule has 0 aromatic carbocycles. The normalized spacial score (nSPS) is 17.0. The van der Waals surface area contributed by atoms with E-state index in [9.17, 15) is 14.3 Å². The Morgan fingerprint density at radius 3 is 3.06 bits per heavy atom. The number of carbonyl (C=O) groups excluding carboxylic acids is 1. The molecule has 1 aliphatic rings. The standard InChI is InChI=1S/C21H26ClFN6O3/c1-13(28-6-3-4-18(28)16-8-14(23)10-26-21(16)32-2)5-7-29-19(24)17(12-27-29)20(31)25-11-15(30)9-22/h5,7-8,10,12,15,18,30H,1,3-4,6,9,11,24H2,2H3,(H,25,31)/b7-5-/t15-,18+/m0/s1. The van der Waals surface area contributed by atoms with Crippen LogP contribution < -0.4 is 15.8 Å². The molecule has 1 fully saturated rings. The van der Waals surface area contributed by atoms with Gasteiger partial charge < -0.3 is 25.8 Å². The summed E-state index contributed by atoms with van der Waals surface area (Å²) in [7, 11) is 1.50. The molecule has 2 aromatic rings. The fraction of sp³-hybridized carbons (Fsp3) is 0.381. The lowest BCUT2D eigenvalue weighted by Crippen LogP contribution is -2.33. The van der Waals surface area contributed by atoms with E-state index in [2.05, 4.69) is 22.0 Å². The molecule has 9 nitrogen and oxygen atoms in total. The highest BCUT2D eigenvalue weighted by Gasteiger charge is 2.29. The average molecular weight is 465 g/mol. The van der Waals surface area contributed by atoms with E-state index in [1.807, 2.05) is 4.90 Å². The largest absolute Gasteiger partial charge is 0.481 e. The Balaban J connectivity index is 1.72. The summed E-state index contributed by atoms with van der Waals surface area (Å²) in [5, 5.41) is 16.1. The maximum Gasteiger partial charge on any atom is 0.256 e. The number of hydrogen-bond acceptors (Lipinski definition) is 7. The number of aliphatic hydroxyl groups is 1. The minimum absolute atomic E-state index is 0.00828. The van der Waals surface area contributed by atoms with Crippen molar-refractivity contribution < 1.29 is 19.0 Å². The number of likely N-dealkylation sites (tertiary alicyclic amines) is 1. The molecule has 172 valence electrons. The predicted octanol–water partition coefficient (Wildman–Crippen LogP) is 2.16. The predicted molar refractivity (Wildman–Crippen MR) is 120 cm³/mol. The van der Waals surface area contributed by atoms with E-state index in [-0.39, 0.29) is 29.8 Å². The van der Waals surface area contributed by atoms with Gasteiger partial charge in [-0.3, -0.25) is 4.79 Å².